The monoisotopic (exact) mass is 283 g/mol. The van der Waals surface area contributed by atoms with Gasteiger partial charge in [-0.15, -0.1) is 0 Å². The van der Waals surface area contributed by atoms with E-state index in [2.05, 4.69) is 47.0 Å². The normalized spacial score (nSPS) is 25.9. The second-order valence-corrected chi connectivity index (χ2v) is 6.19. The van der Waals surface area contributed by atoms with Crippen LogP contribution in [0.4, 0.5) is 0 Å². The second-order valence-electron chi connectivity index (χ2n) is 6.19. The van der Waals surface area contributed by atoms with Crippen LogP contribution in [0.25, 0.3) is 5.69 Å². The van der Waals surface area contributed by atoms with Crippen LogP contribution in [0.1, 0.15) is 44.2 Å². The van der Waals surface area contributed by atoms with Crippen molar-refractivity contribution in [3.8, 4) is 5.69 Å². The smallest absolute Gasteiger partial charge is 0.0648 e. The van der Waals surface area contributed by atoms with Gasteiger partial charge in [0.05, 0.1) is 5.69 Å². The first kappa shape index (κ1) is 14.3. The Bertz CT molecular complexity index is 561. The van der Waals surface area contributed by atoms with Gasteiger partial charge in [-0.1, -0.05) is 38.0 Å². The maximum absolute atomic E-state index is 6.05. The molecule has 1 fully saturated rings. The summed E-state index contributed by atoms with van der Waals surface area (Å²) in [6.45, 7) is 3.08. The number of hydrogen-bond acceptors (Lipinski definition) is 2. The summed E-state index contributed by atoms with van der Waals surface area (Å²) in [6, 6.07) is 12.6. The predicted octanol–water partition coefficient (Wildman–Crippen LogP) is 3.74. The highest BCUT2D eigenvalue weighted by molar-refractivity contribution is 5.33. The maximum Gasteiger partial charge on any atom is 0.0648 e. The van der Waals surface area contributed by atoms with Crippen LogP contribution in [0.5, 0.6) is 0 Å². The average Bonchev–Trinajstić information content (AvgIpc) is 3.04. The van der Waals surface area contributed by atoms with Gasteiger partial charge in [0.1, 0.15) is 0 Å². The van der Waals surface area contributed by atoms with Crippen LogP contribution >= 0.6 is 0 Å². The zero-order valence-electron chi connectivity index (χ0n) is 12.8. The molecule has 3 rings (SSSR count). The molecule has 3 nitrogen and oxygen atoms in total. The average molecular weight is 283 g/mol. The largest absolute Gasteiger partial charge is 0.330 e. The lowest BCUT2D eigenvalue weighted by Crippen LogP contribution is -2.30. The van der Waals surface area contributed by atoms with Crippen LogP contribution in [0.15, 0.2) is 42.6 Å². The molecule has 0 spiro atoms. The lowest BCUT2D eigenvalue weighted by Gasteiger charge is -2.35. The van der Waals surface area contributed by atoms with Gasteiger partial charge in [0, 0.05) is 17.8 Å². The van der Waals surface area contributed by atoms with Crippen LogP contribution in [-0.2, 0) is 0 Å². The van der Waals surface area contributed by atoms with E-state index in [1.165, 1.54) is 31.4 Å². The third-order valence-electron chi connectivity index (χ3n) is 5.03. The summed E-state index contributed by atoms with van der Waals surface area (Å²) in [5.74, 6) is 1.96. The van der Waals surface area contributed by atoms with Crippen LogP contribution < -0.4 is 5.73 Å². The quantitative estimate of drug-likeness (QED) is 0.929. The summed E-state index contributed by atoms with van der Waals surface area (Å²) in [5.41, 5.74) is 8.52. The van der Waals surface area contributed by atoms with Gasteiger partial charge in [-0.3, -0.25) is 0 Å². The molecule has 0 saturated heterocycles. The van der Waals surface area contributed by atoms with E-state index in [4.69, 9.17) is 5.73 Å². The molecule has 0 amide bonds. The van der Waals surface area contributed by atoms with Crippen LogP contribution in [0.3, 0.4) is 0 Å². The Labute approximate surface area is 127 Å². The van der Waals surface area contributed by atoms with Gasteiger partial charge >= 0.3 is 0 Å². The van der Waals surface area contributed by atoms with E-state index >= 15 is 0 Å². The Morgan fingerprint density at radius 1 is 1.19 bits per heavy atom. The van der Waals surface area contributed by atoms with Crippen molar-refractivity contribution in [1.29, 1.82) is 0 Å². The molecule has 1 saturated carbocycles. The minimum Gasteiger partial charge on any atom is -0.330 e. The third kappa shape index (κ3) is 2.88. The Balaban J connectivity index is 1.93. The molecule has 0 radical (unpaired) electrons. The Hall–Kier alpha value is -1.61. The highest BCUT2D eigenvalue weighted by Crippen LogP contribution is 2.41. The van der Waals surface area contributed by atoms with Crippen molar-refractivity contribution >= 4 is 0 Å². The van der Waals surface area contributed by atoms with Crippen molar-refractivity contribution in [1.82, 2.24) is 9.78 Å². The molecule has 1 aromatic heterocycles. The van der Waals surface area contributed by atoms with Crippen molar-refractivity contribution in [3.05, 3.63) is 48.3 Å². The highest BCUT2D eigenvalue weighted by atomic mass is 15.3. The molecule has 1 aliphatic rings. The number of hydrogen-bond donors (Lipinski definition) is 1. The fraction of sp³-hybridized carbons (Fsp3) is 0.500. The molecular weight excluding hydrogens is 258 g/mol. The Morgan fingerprint density at radius 2 is 2.00 bits per heavy atom. The molecule has 1 aliphatic carbocycles. The van der Waals surface area contributed by atoms with Gasteiger partial charge in [-0.05, 0) is 49.4 Å². The van der Waals surface area contributed by atoms with E-state index in [0.29, 0.717) is 11.8 Å². The molecule has 2 N–H and O–H groups in total. The van der Waals surface area contributed by atoms with Crippen molar-refractivity contribution < 1.29 is 0 Å². The molecule has 1 heterocycles. The van der Waals surface area contributed by atoms with Crippen molar-refractivity contribution in [3.63, 3.8) is 0 Å². The fourth-order valence-corrected chi connectivity index (χ4v) is 3.71. The maximum atomic E-state index is 6.05. The summed E-state index contributed by atoms with van der Waals surface area (Å²) in [4.78, 5) is 0. The van der Waals surface area contributed by atoms with Gasteiger partial charge in [0.15, 0.2) is 0 Å². The summed E-state index contributed by atoms with van der Waals surface area (Å²) >= 11 is 0. The van der Waals surface area contributed by atoms with E-state index in [-0.39, 0.29) is 0 Å². The topological polar surface area (TPSA) is 43.8 Å². The number of nitrogens with zero attached hydrogens (tertiary/aromatic N) is 2. The molecule has 21 heavy (non-hydrogen) atoms. The van der Waals surface area contributed by atoms with E-state index in [0.717, 1.165) is 18.2 Å². The van der Waals surface area contributed by atoms with E-state index < -0.39 is 0 Å². The lowest BCUT2D eigenvalue weighted by molar-refractivity contribution is 0.230. The number of rotatable bonds is 4. The van der Waals surface area contributed by atoms with E-state index in [1.54, 1.807) is 0 Å². The summed E-state index contributed by atoms with van der Waals surface area (Å²) < 4.78 is 2.10. The van der Waals surface area contributed by atoms with Crippen LogP contribution in [0, 0.1) is 11.8 Å². The van der Waals surface area contributed by atoms with Crippen LogP contribution in [-0.4, -0.2) is 16.3 Å². The molecule has 3 heteroatoms. The number of para-hydroxylation sites is 1. The highest BCUT2D eigenvalue weighted by Gasteiger charge is 2.32. The molecule has 0 aliphatic heterocycles. The fourth-order valence-electron chi connectivity index (χ4n) is 3.71. The number of nitrogens with two attached hydrogens (primary N) is 1. The molecular formula is C18H25N3. The van der Waals surface area contributed by atoms with Crippen LogP contribution in [0.2, 0.25) is 0 Å². The second kappa shape index (κ2) is 6.44. The van der Waals surface area contributed by atoms with Crippen molar-refractivity contribution in [2.45, 2.75) is 38.5 Å². The first-order valence-corrected chi connectivity index (χ1v) is 8.12. The summed E-state index contributed by atoms with van der Waals surface area (Å²) in [5, 5.41) is 4.56. The third-order valence-corrected chi connectivity index (χ3v) is 5.03. The molecule has 3 unspecified atom stereocenters. The number of aromatic nitrogens is 2. The predicted molar refractivity (Wildman–Crippen MR) is 86.5 cm³/mol. The van der Waals surface area contributed by atoms with Gasteiger partial charge < -0.3 is 5.73 Å². The SMILES string of the molecule is CCC1CCC(CN)C(c2ccnn2-c2ccccc2)C1. The zero-order valence-corrected chi connectivity index (χ0v) is 12.8. The van der Waals surface area contributed by atoms with Gasteiger partial charge in [-0.2, -0.15) is 5.10 Å². The molecule has 1 aromatic carbocycles. The van der Waals surface area contributed by atoms with E-state index in [1.807, 2.05) is 12.3 Å². The number of benzene rings is 1. The minimum atomic E-state index is 0.538. The first-order chi connectivity index (χ1) is 10.3. The molecule has 0 bridgehead atoms. The summed E-state index contributed by atoms with van der Waals surface area (Å²) in [6.07, 6.45) is 7.02. The molecule has 112 valence electrons. The first-order valence-electron chi connectivity index (χ1n) is 8.12. The molecule has 2 aromatic rings. The van der Waals surface area contributed by atoms with E-state index in [9.17, 15) is 0 Å². The zero-order chi connectivity index (χ0) is 14.7. The summed E-state index contributed by atoms with van der Waals surface area (Å²) in [7, 11) is 0. The lowest BCUT2D eigenvalue weighted by atomic mass is 9.72. The van der Waals surface area contributed by atoms with Gasteiger partial charge in [0.2, 0.25) is 0 Å². The van der Waals surface area contributed by atoms with Gasteiger partial charge in [-0.25, -0.2) is 4.68 Å². The minimum absolute atomic E-state index is 0.538. The molecule has 3 atom stereocenters. The van der Waals surface area contributed by atoms with Crippen molar-refractivity contribution in [2.24, 2.45) is 17.6 Å². The standard InChI is InChI=1S/C18H25N3/c1-2-14-8-9-15(13-19)17(12-14)18-10-11-20-21(18)16-6-4-3-5-7-16/h3-7,10-11,14-15,17H,2,8-9,12-13,19H2,1H3. The Morgan fingerprint density at radius 3 is 2.71 bits per heavy atom. The van der Waals surface area contributed by atoms with Crippen molar-refractivity contribution in [2.75, 3.05) is 6.54 Å². The Kier molecular flexibility index (Phi) is 4.39. The van der Waals surface area contributed by atoms with Gasteiger partial charge in [0.25, 0.3) is 0 Å².